The predicted molar refractivity (Wildman–Crippen MR) is 291 cm³/mol. The highest BCUT2D eigenvalue weighted by Crippen LogP contribution is 2.62. The Hall–Kier alpha value is -9.51. The van der Waals surface area contributed by atoms with E-state index in [9.17, 15) is 0 Å². The van der Waals surface area contributed by atoms with Gasteiger partial charge in [-0.1, -0.05) is 200 Å². The summed E-state index contributed by atoms with van der Waals surface area (Å²) in [4.78, 5) is 17.4. The highest BCUT2D eigenvalue weighted by Gasteiger charge is 2.51. The van der Waals surface area contributed by atoms with E-state index in [1.165, 1.54) is 0 Å². The second kappa shape index (κ2) is 17.8. The fourth-order valence-corrected chi connectivity index (χ4v) is 10.9. The van der Waals surface area contributed by atoms with E-state index in [1.54, 1.807) is 0 Å². The summed E-state index contributed by atoms with van der Waals surface area (Å²) >= 11 is 0. The van der Waals surface area contributed by atoms with E-state index in [1.807, 2.05) is 84.9 Å². The first-order valence-electron chi connectivity index (χ1n) is 24.3. The topological polar surface area (TPSA) is 38.8 Å². The Morgan fingerprint density at radius 2 is 0.792 bits per heavy atom. The predicted octanol–water partition coefficient (Wildman–Crippen LogP) is 17.6. The van der Waals surface area contributed by atoms with Gasteiger partial charge in [0.05, 0.1) is 11.1 Å². The molecule has 1 spiro atoms. The Morgan fingerprint density at radius 1 is 0.306 bits per heavy atom. The molecule has 13 rings (SSSR count). The van der Waals surface area contributed by atoms with Gasteiger partial charge in [0.1, 0.15) is 23.0 Å². The monoisotopic (exact) mass is 923 g/mol. The summed E-state index contributed by atoms with van der Waals surface area (Å²) in [7, 11) is 0. The molecule has 0 fully saturated rings. The number of rotatable bonds is 9. The molecule has 4 heteroatoms. The molecule has 0 amide bonds. The van der Waals surface area contributed by atoms with Crippen LogP contribution < -0.4 is 14.4 Å². The average molecular weight is 924 g/mol. The van der Waals surface area contributed by atoms with Crippen LogP contribution in [0, 0.1) is 0 Å². The third-order valence-electron chi connectivity index (χ3n) is 14.1. The molecule has 0 bridgehead atoms. The molecule has 0 aromatic heterocycles. The van der Waals surface area contributed by atoms with Gasteiger partial charge < -0.3 is 14.4 Å². The Morgan fingerprint density at radius 3 is 1.43 bits per heavy atom. The zero-order valence-electron chi connectivity index (χ0n) is 39.2. The first kappa shape index (κ1) is 42.6. The smallest absolute Gasteiger partial charge is 0.193 e. The summed E-state index contributed by atoms with van der Waals surface area (Å²) < 4.78 is 13.9. The Balaban J connectivity index is 1.01. The molecule has 0 saturated carbocycles. The molecule has 72 heavy (non-hydrogen) atoms. The van der Waals surface area contributed by atoms with Crippen LogP contribution in [-0.2, 0) is 5.41 Å². The van der Waals surface area contributed by atoms with Crippen LogP contribution in [0.3, 0.4) is 0 Å². The number of ketones is 1. The van der Waals surface area contributed by atoms with Crippen molar-refractivity contribution in [2.75, 3.05) is 4.90 Å². The number of para-hydroxylation sites is 3. The van der Waals surface area contributed by atoms with Crippen molar-refractivity contribution in [1.29, 1.82) is 0 Å². The van der Waals surface area contributed by atoms with Crippen molar-refractivity contribution in [3.05, 3.63) is 306 Å². The lowest BCUT2D eigenvalue weighted by Gasteiger charge is -2.45. The number of benzene rings is 11. The summed E-state index contributed by atoms with van der Waals surface area (Å²) in [6.07, 6.45) is 0. The van der Waals surface area contributed by atoms with Gasteiger partial charge in [0.2, 0.25) is 0 Å². The molecule has 11 aromatic carbocycles. The number of hydrogen-bond acceptors (Lipinski definition) is 4. The number of carbonyl (C=O) groups is 1. The quantitative estimate of drug-likeness (QED) is 0.135. The number of hydrogen-bond donors (Lipinski definition) is 0. The summed E-state index contributed by atoms with van der Waals surface area (Å²) in [6, 6.07) is 94.3. The van der Waals surface area contributed by atoms with E-state index in [-0.39, 0.29) is 5.78 Å². The van der Waals surface area contributed by atoms with E-state index in [2.05, 4.69) is 193 Å². The minimum Gasteiger partial charge on any atom is -0.457 e. The van der Waals surface area contributed by atoms with Gasteiger partial charge in [0, 0.05) is 50.3 Å². The largest absolute Gasteiger partial charge is 0.457 e. The van der Waals surface area contributed by atoms with Gasteiger partial charge in [-0.2, -0.15) is 0 Å². The third kappa shape index (κ3) is 7.28. The van der Waals surface area contributed by atoms with E-state index < -0.39 is 5.41 Å². The number of ether oxygens (including phenoxy) is 2. The molecule has 1 unspecified atom stereocenters. The van der Waals surface area contributed by atoms with Crippen molar-refractivity contribution in [2.24, 2.45) is 0 Å². The van der Waals surface area contributed by atoms with Crippen molar-refractivity contribution in [3.63, 3.8) is 0 Å². The molecular formula is C68H45NO3. The average Bonchev–Trinajstić information content (AvgIpc) is 3.46. The molecule has 0 saturated heterocycles. The van der Waals surface area contributed by atoms with Crippen LogP contribution >= 0.6 is 0 Å². The first-order chi connectivity index (χ1) is 35.6. The lowest BCUT2D eigenvalue weighted by molar-refractivity contribution is 0.103. The Kier molecular flexibility index (Phi) is 10.5. The minimum atomic E-state index is -0.920. The molecule has 2 aliphatic rings. The maximum Gasteiger partial charge on any atom is 0.193 e. The van der Waals surface area contributed by atoms with Crippen LogP contribution in [-0.4, -0.2) is 5.78 Å². The van der Waals surface area contributed by atoms with Crippen LogP contribution in [0.4, 0.5) is 17.1 Å². The number of carbonyl (C=O) groups excluding carboxylic acids is 1. The van der Waals surface area contributed by atoms with Crippen molar-refractivity contribution >= 4 is 22.8 Å². The van der Waals surface area contributed by atoms with E-state index >= 15 is 4.79 Å². The lowest BCUT2D eigenvalue weighted by atomic mass is 9.62. The molecule has 2 heterocycles. The SMILES string of the molecule is O=C(c1cc(-c2ccccc2)cc(-c2ccccc2)c1)c1ccc2c(c1)Oc1ccccc1C21c2ccccc2Oc2ccc(N(c3cccc(-c4ccccc4)c3)c3ccccc3-c3ccccc3)cc21. The normalized spacial score (nSPS) is 13.9. The molecule has 11 aromatic rings. The summed E-state index contributed by atoms with van der Waals surface area (Å²) in [5.74, 6) is 2.72. The van der Waals surface area contributed by atoms with Gasteiger partial charge in [-0.25, -0.2) is 0 Å². The fraction of sp³-hybridized carbons (Fsp3) is 0.0147. The molecule has 340 valence electrons. The molecule has 0 radical (unpaired) electrons. The second-order valence-electron chi connectivity index (χ2n) is 18.3. The molecule has 0 N–H and O–H groups in total. The third-order valence-corrected chi connectivity index (χ3v) is 14.1. The highest BCUT2D eigenvalue weighted by atomic mass is 16.5. The summed E-state index contributed by atoms with van der Waals surface area (Å²) in [5.41, 5.74) is 15.5. The van der Waals surface area contributed by atoms with Crippen molar-refractivity contribution < 1.29 is 14.3 Å². The lowest BCUT2D eigenvalue weighted by Crippen LogP contribution is -2.37. The molecule has 4 nitrogen and oxygen atoms in total. The highest BCUT2D eigenvalue weighted by molar-refractivity contribution is 6.10. The number of nitrogens with zero attached hydrogens (tertiary/aromatic N) is 1. The minimum absolute atomic E-state index is 0.0928. The molecule has 0 aliphatic carbocycles. The molecule has 1 atom stereocenters. The molecular weight excluding hydrogens is 879 g/mol. The first-order valence-corrected chi connectivity index (χ1v) is 24.3. The van der Waals surface area contributed by atoms with E-state index in [4.69, 9.17) is 9.47 Å². The van der Waals surface area contributed by atoms with Gasteiger partial charge in [-0.05, 0) is 112 Å². The molecule has 2 aliphatic heterocycles. The van der Waals surface area contributed by atoms with Gasteiger partial charge >= 0.3 is 0 Å². The van der Waals surface area contributed by atoms with Gasteiger partial charge in [-0.15, -0.1) is 0 Å². The Labute approximate surface area is 419 Å². The summed E-state index contributed by atoms with van der Waals surface area (Å²) in [6.45, 7) is 0. The maximum atomic E-state index is 15.1. The van der Waals surface area contributed by atoms with Gasteiger partial charge in [-0.3, -0.25) is 4.79 Å². The van der Waals surface area contributed by atoms with Crippen LogP contribution in [0.5, 0.6) is 23.0 Å². The zero-order valence-corrected chi connectivity index (χ0v) is 39.2. The van der Waals surface area contributed by atoms with Crippen LogP contribution in [0.15, 0.2) is 273 Å². The van der Waals surface area contributed by atoms with Gasteiger partial charge in [0.15, 0.2) is 5.78 Å². The maximum absolute atomic E-state index is 15.1. The number of fused-ring (bicyclic) bond motifs is 8. The Bertz CT molecular complexity index is 3760. The van der Waals surface area contributed by atoms with E-state index in [0.717, 1.165) is 95.3 Å². The van der Waals surface area contributed by atoms with E-state index in [0.29, 0.717) is 22.6 Å². The van der Waals surface area contributed by atoms with Crippen molar-refractivity contribution in [3.8, 4) is 67.5 Å². The van der Waals surface area contributed by atoms with Crippen LogP contribution in [0.2, 0.25) is 0 Å². The van der Waals surface area contributed by atoms with Crippen molar-refractivity contribution in [2.45, 2.75) is 5.41 Å². The van der Waals surface area contributed by atoms with Crippen LogP contribution in [0.25, 0.3) is 44.5 Å². The zero-order chi connectivity index (χ0) is 48.0. The fourth-order valence-electron chi connectivity index (χ4n) is 10.9. The standard InChI is InChI=1S/C68H45NO3/c70-67(54-41-52(47-22-7-2-8-23-47)40-53(42-54)48-24-9-3-10-25-48)51-36-38-60-66(44-51)72-64-35-18-15-32-59(64)68(60)58-31-14-17-34-63(58)71-65-39-37-56(45-61(65)68)69(55-29-19-28-50(43-55)46-20-5-1-6-21-46)62-33-16-13-30-57(62)49-26-11-4-12-27-49/h1-45H. The second-order valence-corrected chi connectivity index (χ2v) is 18.3. The van der Waals surface area contributed by atoms with Crippen molar-refractivity contribution in [1.82, 2.24) is 0 Å². The van der Waals surface area contributed by atoms with Crippen LogP contribution in [0.1, 0.15) is 38.2 Å². The number of anilines is 3. The van der Waals surface area contributed by atoms with Gasteiger partial charge in [0.25, 0.3) is 0 Å². The summed E-state index contributed by atoms with van der Waals surface area (Å²) in [5, 5.41) is 0.